The van der Waals surface area contributed by atoms with Gasteiger partial charge in [0.25, 0.3) is 0 Å². The van der Waals surface area contributed by atoms with Crippen molar-refractivity contribution < 1.29 is 13.2 Å². The van der Waals surface area contributed by atoms with Crippen LogP contribution in [-0.2, 0) is 15.0 Å². The van der Waals surface area contributed by atoms with Crippen LogP contribution in [0.15, 0.2) is 24.3 Å². The van der Waals surface area contributed by atoms with Gasteiger partial charge in [-0.05, 0) is 37.6 Å². The molecule has 0 unspecified atom stereocenters. The zero-order chi connectivity index (χ0) is 24.6. The molecule has 3 N–H and O–H groups in total. The summed E-state index contributed by atoms with van der Waals surface area (Å²) in [4.78, 5) is 16.4. The molecule has 0 aliphatic heterocycles. The van der Waals surface area contributed by atoms with E-state index in [-0.39, 0.29) is 6.42 Å². The van der Waals surface area contributed by atoms with Gasteiger partial charge in [-0.2, -0.15) is 13.0 Å². The van der Waals surface area contributed by atoms with Crippen molar-refractivity contribution in [2.75, 3.05) is 4.72 Å². The van der Waals surface area contributed by atoms with Crippen LogP contribution in [0.4, 0.5) is 5.69 Å². The monoisotopic (exact) mass is 508 g/mol. The van der Waals surface area contributed by atoms with Gasteiger partial charge in [0.05, 0.1) is 11.4 Å². The summed E-state index contributed by atoms with van der Waals surface area (Å²) in [5, 5.41) is 7.83. The molecular weight excluding hydrogens is 476 g/mol. The predicted octanol–water partition coefficient (Wildman–Crippen LogP) is 5.38. The van der Waals surface area contributed by atoms with Gasteiger partial charge in [0.2, 0.25) is 5.91 Å². The van der Waals surface area contributed by atoms with E-state index in [9.17, 15) is 13.2 Å². The molecule has 186 valence electrons. The fraction of sp³-hybridized carbons (Fsp3) is 0.522. The first-order chi connectivity index (χ1) is 16.3. The molecular formula is C23H33ClN6O3S. The number of carbonyl (C=O) groups excluding carboxylic acids is 1. The summed E-state index contributed by atoms with van der Waals surface area (Å²) >= 11 is 6.19. The molecule has 3 rings (SSSR count). The average molecular weight is 509 g/mol. The second-order valence-electron chi connectivity index (χ2n) is 8.51. The SMILES string of the molecule is CCCCCCCCCCCC(=O)NS(=O)(=O)Nc1ccc(-c2nc3c(Cl)c(C)[nH]n3n2)cc1. The molecule has 11 heteroatoms. The lowest BCUT2D eigenvalue weighted by Crippen LogP contribution is -2.35. The number of carbonyl (C=O) groups is 1. The van der Waals surface area contributed by atoms with Crippen LogP contribution >= 0.6 is 11.6 Å². The van der Waals surface area contributed by atoms with Crippen LogP contribution in [0, 0.1) is 6.92 Å². The molecule has 0 atom stereocenters. The Kier molecular flexibility index (Phi) is 9.35. The maximum absolute atomic E-state index is 12.3. The van der Waals surface area contributed by atoms with Gasteiger partial charge < -0.3 is 0 Å². The second-order valence-corrected chi connectivity index (χ2v) is 10.3. The minimum Gasteiger partial charge on any atom is -0.279 e. The summed E-state index contributed by atoms with van der Waals surface area (Å²) in [6, 6.07) is 6.55. The highest BCUT2D eigenvalue weighted by atomic mass is 35.5. The third-order valence-electron chi connectivity index (χ3n) is 5.56. The third-order valence-corrected chi connectivity index (χ3v) is 7.01. The third kappa shape index (κ3) is 7.46. The number of fused-ring (bicyclic) bond motifs is 1. The van der Waals surface area contributed by atoms with E-state index in [0.29, 0.717) is 34.2 Å². The lowest BCUT2D eigenvalue weighted by Gasteiger charge is -2.09. The van der Waals surface area contributed by atoms with E-state index in [1.54, 1.807) is 24.3 Å². The van der Waals surface area contributed by atoms with Crippen LogP contribution in [0.2, 0.25) is 5.02 Å². The van der Waals surface area contributed by atoms with Crippen molar-refractivity contribution in [1.29, 1.82) is 0 Å². The molecule has 0 fully saturated rings. The van der Waals surface area contributed by atoms with Crippen molar-refractivity contribution in [2.45, 2.75) is 78.1 Å². The number of hydrogen-bond donors (Lipinski definition) is 3. The van der Waals surface area contributed by atoms with E-state index < -0.39 is 16.1 Å². The number of aryl methyl sites for hydroxylation is 1. The Morgan fingerprint density at radius 3 is 2.26 bits per heavy atom. The molecule has 2 heterocycles. The summed E-state index contributed by atoms with van der Waals surface area (Å²) in [5.41, 5.74) is 2.32. The van der Waals surface area contributed by atoms with Gasteiger partial charge in [-0.1, -0.05) is 69.9 Å². The van der Waals surface area contributed by atoms with Crippen molar-refractivity contribution in [2.24, 2.45) is 0 Å². The number of benzene rings is 1. The van der Waals surface area contributed by atoms with Crippen molar-refractivity contribution in [3.63, 3.8) is 0 Å². The fourth-order valence-electron chi connectivity index (χ4n) is 3.70. The first-order valence-corrected chi connectivity index (χ1v) is 13.7. The minimum absolute atomic E-state index is 0.191. The normalized spacial score (nSPS) is 11.7. The maximum atomic E-state index is 12.3. The summed E-state index contributed by atoms with van der Waals surface area (Å²) in [5.74, 6) is -0.0478. The molecule has 0 spiro atoms. The molecule has 1 amide bonds. The van der Waals surface area contributed by atoms with Gasteiger partial charge in [-0.25, -0.2) is 9.71 Å². The second kappa shape index (κ2) is 12.2. The largest absolute Gasteiger partial charge is 0.323 e. The Balaban J connectivity index is 1.42. The average Bonchev–Trinajstić information content (AvgIpc) is 3.31. The standard InChI is InChI=1S/C23H33ClN6O3S/c1-3-4-5-6-7-8-9-10-11-12-20(31)29-34(32,33)28-19-15-13-18(14-16-19)22-25-23-21(24)17(2)26-30(23)27-22/h13-16,26,28H,3-12H2,1-2H3,(H,29,31). The summed E-state index contributed by atoms with van der Waals surface area (Å²) in [7, 11) is -4.00. The molecule has 3 aromatic rings. The summed E-state index contributed by atoms with van der Waals surface area (Å²) < 4.78 is 30.5. The van der Waals surface area contributed by atoms with Crippen LogP contribution in [0.5, 0.6) is 0 Å². The van der Waals surface area contributed by atoms with Crippen LogP contribution in [0.3, 0.4) is 0 Å². The lowest BCUT2D eigenvalue weighted by molar-refractivity contribution is -0.119. The number of nitrogens with one attached hydrogen (secondary N) is 3. The molecule has 34 heavy (non-hydrogen) atoms. The highest BCUT2D eigenvalue weighted by molar-refractivity contribution is 7.91. The van der Waals surface area contributed by atoms with Gasteiger partial charge in [0.15, 0.2) is 11.5 Å². The van der Waals surface area contributed by atoms with E-state index in [2.05, 4.69) is 31.5 Å². The Morgan fingerprint density at radius 2 is 1.65 bits per heavy atom. The first kappa shape index (κ1) is 26.0. The number of H-pyrrole nitrogens is 1. The fourth-order valence-corrected chi connectivity index (χ4v) is 4.76. The van der Waals surface area contributed by atoms with Crippen LogP contribution in [0.1, 0.15) is 76.8 Å². The van der Waals surface area contributed by atoms with Gasteiger partial charge in [0.1, 0.15) is 5.02 Å². The number of hydrogen-bond acceptors (Lipinski definition) is 5. The number of amides is 1. The van der Waals surface area contributed by atoms with E-state index in [4.69, 9.17) is 11.6 Å². The van der Waals surface area contributed by atoms with Crippen molar-refractivity contribution in [3.05, 3.63) is 35.0 Å². The maximum Gasteiger partial charge on any atom is 0.323 e. The van der Waals surface area contributed by atoms with Gasteiger partial charge >= 0.3 is 10.2 Å². The molecule has 0 radical (unpaired) electrons. The molecule has 1 aromatic carbocycles. The Labute approximate surface area is 205 Å². The number of aromatic nitrogens is 4. The first-order valence-electron chi connectivity index (χ1n) is 11.8. The smallest absolute Gasteiger partial charge is 0.279 e. The van der Waals surface area contributed by atoms with E-state index in [1.165, 1.54) is 36.7 Å². The molecule has 9 nitrogen and oxygen atoms in total. The number of rotatable bonds is 14. The minimum atomic E-state index is -4.00. The Morgan fingerprint density at radius 1 is 1.03 bits per heavy atom. The number of nitrogens with zero attached hydrogens (tertiary/aromatic N) is 3. The quantitative estimate of drug-likeness (QED) is 0.252. The summed E-state index contributed by atoms with van der Waals surface area (Å²) in [6.45, 7) is 4.03. The van der Waals surface area contributed by atoms with Gasteiger partial charge in [-0.15, -0.1) is 5.10 Å². The van der Waals surface area contributed by atoms with Gasteiger partial charge in [-0.3, -0.25) is 14.6 Å². The highest BCUT2D eigenvalue weighted by Gasteiger charge is 2.16. The Bertz CT molecular complexity index is 1190. The molecule has 0 saturated carbocycles. The Hall–Kier alpha value is -2.59. The topological polar surface area (TPSA) is 121 Å². The molecule has 0 bridgehead atoms. The number of unbranched alkanes of at least 4 members (excludes halogenated alkanes) is 8. The molecule has 0 saturated heterocycles. The lowest BCUT2D eigenvalue weighted by atomic mass is 10.1. The van der Waals surface area contributed by atoms with Crippen LogP contribution in [0.25, 0.3) is 17.0 Å². The summed E-state index contributed by atoms with van der Waals surface area (Å²) in [6.07, 6.45) is 10.4. The van der Waals surface area contributed by atoms with Crippen LogP contribution < -0.4 is 9.44 Å². The van der Waals surface area contributed by atoms with Gasteiger partial charge in [0, 0.05) is 12.0 Å². The predicted molar refractivity (Wildman–Crippen MR) is 135 cm³/mol. The van der Waals surface area contributed by atoms with Crippen molar-refractivity contribution in [3.8, 4) is 11.4 Å². The molecule has 2 aromatic heterocycles. The molecule has 0 aliphatic carbocycles. The number of halogens is 1. The van der Waals surface area contributed by atoms with E-state index >= 15 is 0 Å². The van der Waals surface area contributed by atoms with Crippen molar-refractivity contribution in [1.82, 2.24) is 24.5 Å². The number of anilines is 1. The zero-order valence-corrected chi connectivity index (χ0v) is 21.3. The van der Waals surface area contributed by atoms with E-state index in [1.807, 2.05) is 6.92 Å². The van der Waals surface area contributed by atoms with Crippen LogP contribution in [-0.4, -0.2) is 34.1 Å². The molecule has 0 aliphatic rings. The zero-order valence-electron chi connectivity index (χ0n) is 19.7. The van der Waals surface area contributed by atoms with Crippen molar-refractivity contribution >= 4 is 39.1 Å². The van der Waals surface area contributed by atoms with E-state index in [0.717, 1.165) is 25.0 Å². The highest BCUT2D eigenvalue weighted by Crippen LogP contribution is 2.24. The number of aromatic amines is 1.